The number of pyridine rings is 1. The van der Waals surface area contributed by atoms with Gasteiger partial charge in [0, 0.05) is 24.8 Å². The number of sulfone groups is 1. The average Bonchev–Trinajstić information content (AvgIpc) is 3.01. The maximum absolute atomic E-state index is 13.1. The van der Waals surface area contributed by atoms with Crippen LogP contribution in [0, 0.1) is 0 Å². The van der Waals surface area contributed by atoms with Gasteiger partial charge in [-0.05, 0) is 32.0 Å². The summed E-state index contributed by atoms with van der Waals surface area (Å²) in [6, 6.07) is 5.69. The van der Waals surface area contributed by atoms with Crippen LogP contribution in [0.15, 0.2) is 34.0 Å². The Morgan fingerprint density at radius 3 is 2.39 bits per heavy atom. The van der Waals surface area contributed by atoms with Gasteiger partial charge in [0.05, 0.1) is 40.2 Å². The molecule has 4 rings (SSSR count). The SMILES string of the molecule is CC(C)S(=O)(=O)c1ccc(N2CCOCC2)cc1-n1c(N)c2c(cc1=O)C(=O)NC2=O. The lowest BCUT2D eigenvalue weighted by molar-refractivity contribution is 0.0880. The van der Waals surface area contributed by atoms with Crippen molar-refractivity contribution in [1.82, 2.24) is 9.88 Å². The van der Waals surface area contributed by atoms with Crippen LogP contribution in [0.2, 0.25) is 0 Å². The molecule has 0 spiro atoms. The van der Waals surface area contributed by atoms with Gasteiger partial charge in [-0.3, -0.25) is 24.3 Å². The van der Waals surface area contributed by atoms with Crippen LogP contribution in [-0.2, 0) is 14.6 Å². The number of nitrogens with two attached hydrogens (primary N) is 1. The summed E-state index contributed by atoms with van der Waals surface area (Å²) >= 11 is 0. The smallest absolute Gasteiger partial charge is 0.262 e. The molecule has 3 heterocycles. The standard InChI is InChI=1S/C20H22N4O6S/c1-11(2)31(28,29)15-4-3-12(23-5-7-30-8-6-23)9-14(15)24-16(25)10-13-17(18(24)21)20(27)22-19(13)26/h3-4,9-11H,5-8,21H2,1-2H3,(H,22,26,27). The van der Waals surface area contributed by atoms with Crippen molar-refractivity contribution in [2.45, 2.75) is 24.0 Å². The Balaban J connectivity index is 2.01. The van der Waals surface area contributed by atoms with Crippen LogP contribution in [0.25, 0.3) is 5.69 Å². The van der Waals surface area contributed by atoms with E-state index >= 15 is 0 Å². The Hall–Kier alpha value is -3.18. The van der Waals surface area contributed by atoms with Crippen molar-refractivity contribution >= 4 is 33.2 Å². The van der Waals surface area contributed by atoms with E-state index in [2.05, 4.69) is 5.32 Å². The summed E-state index contributed by atoms with van der Waals surface area (Å²) in [5.41, 5.74) is 5.91. The molecule has 2 aliphatic rings. The summed E-state index contributed by atoms with van der Waals surface area (Å²) in [7, 11) is -3.80. The number of ether oxygens (including phenoxy) is 1. The molecule has 164 valence electrons. The van der Waals surface area contributed by atoms with Gasteiger partial charge in [-0.15, -0.1) is 0 Å². The number of nitrogen functional groups attached to an aromatic ring is 1. The summed E-state index contributed by atoms with van der Waals surface area (Å²) in [4.78, 5) is 39.1. The van der Waals surface area contributed by atoms with E-state index in [1.165, 1.54) is 19.9 Å². The Kier molecular flexibility index (Phi) is 5.10. The van der Waals surface area contributed by atoms with Gasteiger partial charge < -0.3 is 15.4 Å². The van der Waals surface area contributed by atoms with Crippen LogP contribution in [0.5, 0.6) is 0 Å². The Bertz CT molecular complexity index is 1260. The van der Waals surface area contributed by atoms with Gasteiger partial charge in [0.2, 0.25) is 0 Å². The molecule has 1 aromatic heterocycles. The fraction of sp³-hybridized carbons (Fsp3) is 0.350. The molecule has 0 bridgehead atoms. The van der Waals surface area contributed by atoms with Crippen LogP contribution in [0.4, 0.5) is 11.5 Å². The number of rotatable bonds is 4. The first-order valence-corrected chi connectivity index (χ1v) is 11.3. The number of carbonyl (C=O) groups excluding carboxylic acids is 2. The molecule has 0 atom stereocenters. The number of amides is 2. The first-order valence-electron chi connectivity index (χ1n) is 9.75. The second-order valence-electron chi connectivity index (χ2n) is 7.62. The lowest BCUT2D eigenvalue weighted by atomic mass is 10.1. The summed E-state index contributed by atoms with van der Waals surface area (Å²) in [5.74, 6) is -1.73. The number of nitrogens with zero attached hydrogens (tertiary/aromatic N) is 2. The van der Waals surface area contributed by atoms with E-state index in [1.54, 1.807) is 12.1 Å². The summed E-state index contributed by atoms with van der Waals surface area (Å²) in [6.45, 7) is 5.31. The highest BCUT2D eigenvalue weighted by molar-refractivity contribution is 7.92. The molecule has 0 unspecified atom stereocenters. The number of anilines is 2. The number of fused-ring (bicyclic) bond motifs is 1. The number of morpholine rings is 1. The number of nitrogens with one attached hydrogen (secondary N) is 1. The minimum atomic E-state index is -3.80. The molecule has 10 nitrogen and oxygen atoms in total. The normalized spacial score (nSPS) is 16.5. The van der Waals surface area contributed by atoms with E-state index in [0.717, 1.165) is 10.6 Å². The Morgan fingerprint density at radius 1 is 1.06 bits per heavy atom. The first-order chi connectivity index (χ1) is 14.6. The molecule has 0 radical (unpaired) electrons. The maximum Gasteiger partial charge on any atom is 0.262 e. The van der Waals surface area contributed by atoms with E-state index < -0.39 is 32.5 Å². The van der Waals surface area contributed by atoms with E-state index in [1.807, 2.05) is 4.90 Å². The molecule has 1 fully saturated rings. The van der Waals surface area contributed by atoms with Gasteiger partial charge in [0.1, 0.15) is 5.82 Å². The number of benzene rings is 1. The molecule has 3 N–H and O–H groups in total. The van der Waals surface area contributed by atoms with Crippen molar-refractivity contribution in [3.05, 3.63) is 45.7 Å². The molecule has 1 aromatic carbocycles. The van der Waals surface area contributed by atoms with Gasteiger partial charge in [0.15, 0.2) is 9.84 Å². The highest BCUT2D eigenvalue weighted by atomic mass is 32.2. The molecule has 31 heavy (non-hydrogen) atoms. The quantitative estimate of drug-likeness (QED) is 0.640. The van der Waals surface area contributed by atoms with E-state index in [0.29, 0.717) is 32.0 Å². The number of hydrogen-bond donors (Lipinski definition) is 2. The molecule has 11 heteroatoms. The Labute approximate surface area is 178 Å². The van der Waals surface area contributed by atoms with Crippen molar-refractivity contribution in [1.29, 1.82) is 0 Å². The van der Waals surface area contributed by atoms with Crippen LogP contribution in [-0.4, -0.2) is 56.4 Å². The number of carbonyl (C=O) groups is 2. The van der Waals surface area contributed by atoms with Crippen LogP contribution >= 0.6 is 0 Å². The largest absolute Gasteiger partial charge is 0.384 e. The van der Waals surface area contributed by atoms with E-state index in [-0.39, 0.29) is 27.5 Å². The second-order valence-corrected chi connectivity index (χ2v) is 10.1. The predicted octanol–water partition coefficient (Wildman–Crippen LogP) is 0.322. The molecule has 1 saturated heterocycles. The van der Waals surface area contributed by atoms with E-state index in [9.17, 15) is 22.8 Å². The third-order valence-corrected chi connectivity index (χ3v) is 7.64. The van der Waals surface area contributed by atoms with Gasteiger partial charge in [0.25, 0.3) is 17.4 Å². The Morgan fingerprint density at radius 2 is 1.74 bits per heavy atom. The van der Waals surface area contributed by atoms with Gasteiger partial charge >= 0.3 is 0 Å². The summed E-state index contributed by atoms with van der Waals surface area (Å²) < 4.78 is 32.5. The van der Waals surface area contributed by atoms with Crippen LogP contribution in [0.3, 0.4) is 0 Å². The predicted molar refractivity (Wildman–Crippen MR) is 114 cm³/mol. The highest BCUT2D eigenvalue weighted by Crippen LogP contribution is 2.31. The third kappa shape index (κ3) is 3.39. The monoisotopic (exact) mass is 446 g/mol. The fourth-order valence-corrected chi connectivity index (χ4v) is 4.93. The van der Waals surface area contributed by atoms with Crippen molar-refractivity contribution < 1.29 is 22.7 Å². The topological polar surface area (TPSA) is 141 Å². The maximum atomic E-state index is 13.1. The summed E-state index contributed by atoms with van der Waals surface area (Å²) in [6.07, 6.45) is 0. The van der Waals surface area contributed by atoms with Crippen LogP contribution < -0.4 is 21.5 Å². The lowest BCUT2D eigenvalue weighted by Gasteiger charge is -2.30. The van der Waals surface area contributed by atoms with E-state index in [4.69, 9.17) is 10.5 Å². The van der Waals surface area contributed by atoms with Gasteiger partial charge in [-0.25, -0.2) is 8.42 Å². The zero-order valence-electron chi connectivity index (χ0n) is 17.0. The van der Waals surface area contributed by atoms with Crippen molar-refractivity contribution in [2.75, 3.05) is 36.9 Å². The molecule has 2 aromatic rings. The summed E-state index contributed by atoms with van der Waals surface area (Å²) in [5, 5.41) is 1.35. The average molecular weight is 446 g/mol. The zero-order valence-corrected chi connectivity index (χ0v) is 17.9. The molecule has 0 saturated carbocycles. The van der Waals surface area contributed by atoms with Crippen molar-refractivity contribution in [2.24, 2.45) is 0 Å². The van der Waals surface area contributed by atoms with Crippen molar-refractivity contribution in [3.63, 3.8) is 0 Å². The number of hydrogen-bond acceptors (Lipinski definition) is 8. The highest BCUT2D eigenvalue weighted by Gasteiger charge is 2.33. The van der Waals surface area contributed by atoms with Gasteiger partial charge in [-0.2, -0.15) is 0 Å². The lowest BCUT2D eigenvalue weighted by Crippen LogP contribution is -2.36. The molecular weight excluding hydrogens is 424 g/mol. The fourth-order valence-electron chi connectivity index (χ4n) is 3.72. The third-order valence-electron chi connectivity index (χ3n) is 5.44. The molecular formula is C20H22N4O6S. The molecule has 2 aliphatic heterocycles. The first kappa shape index (κ1) is 21.1. The van der Waals surface area contributed by atoms with Crippen molar-refractivity contribution in [3.8, 4) is 5.69 Å². The minimum absolute atomic E-state index is 0.0372. The van der Waals surface area contributed by atoms with Crippen LogP contribution in [0.1, 0.15) is 34.6 Å². The zero-order chi connectivity index (χ0) is 22.5. The molecule has 0 aliphatic carbocycles. The number of aromatic nitrogens is 1. The number of imide groups is 1. The van der Waals surface area contributed by atoms with Gasteiger partial charge in [-0.1, -0.05) is 0 Å². The minimum Gasteiger partial charge on any atom is -0.384 e. The molecule has 2 amide bonds. The second kappa shape index (κ2) is 7.50.